The largest absolute Gasteiger partial charge is 0.345 e. The standard InChI is InChI=1S/C12H16ClN5O/c1-4-18-7-10(13)11(16-18)12(19)14-6-9-5-8(2)17(3)15-9/h5,7H,4,6H2,1-3H3,(H,14,19). The molecule has 0 aliphatic carbocycles. The molecular formula is C12H16ClN5O. The van der Waals surface area contributed by atoms with Gasteiger partial charge in [-0.15, -0.1) is 0 Å². The maximum atomic E-state index is 12.0. The van der Waals surface area contributed by atoms with Gasteiger partial charge in [0.05, 0.1) is 17.3 Å². The fraction of sp³-hybridized carbons (Fsp3) is 0.417. The average molecular weight is 282 g/mol. The van der Waals surface area contributed by atoms with Crippen LogP contribution in [0.15, 0.2) is 12.3 Å². The number of hydrogen-bond acceptors (Lipinski definition) is 3. The van der Waals surface area contributed by atoms with Crippen LogP contribution in [0.2, 0.25) is 5.02 Å². The maximum Gasteiger partial charge on any atom is 0.273 e. The molecule has 2 aromatic rings. The van der Waals surface area contributed by atoms with E-state index in [1.165, 1.54) is 0 Å². The first-order valence-electron chi connectivity index (χ1n) is 6.02. The topological polar surface area (TPSA) is 64.7 Å². The molecular weight excluding hydrogens is 266 g/mol. The number of carbonyl (C=O) groups is 1. The predicted molar refractivity (Wildman–Crippen MR) is 72.0 cm³/mol. The summed E-state index contributed by atoms with van der Waals surface area (Å²) in [4.78, 5) is 12.0. The number of halogens is 1. The van der Waals surface area contributed by atoms with Crippen molar-refractivity contribution in [1.82, 2.24) is 24.9 Å². The number of carbonyl (C=O) groups excluding carboxylic acids is 1. The Morgan fingerprint density at radius 3 is 2.74 bits per heavy atom. The van der Waals surface area contributed by atoms with Gasteiger partial charge in [0.25, 0.3) is 5.91 Å². The lowest BCUT2D eigenvalue weighted by molar-refractivity contribution is 0.0944. The Kier molecular flexibility index (Phi) is 3.90. The van der Waals surface area contributed by atoms with Crippen LogP contribution >= 0.6 is 11.6 Å². The van der Waals surface area contributed by atoms with E-state index in [1.54, 1.807) is 15.6 Å². The first-order chi connectivity index (χ1) is 9.01. The van der Waals surface area contributed by atoms with E-state index in [4.69, 9.17) is 11.6 Å². The van der Waals surface area contributed by atoms with Crippen LogP contribution < -0.4 is 5.32 Å². The van der Waals surface area contributed by atoms with Gasteiger partial charge in [-0.05, 0) is 19.9 Å². The van der Waals surface area contributed by atoms with Crippen LogP contribution in [0.3, 0.4) is 0 Å². The molecule has 102 valence electrons. The third-order valence-electron chi connectivity index (χ3n) is 2.85. The first-order valence-corrected chi connectivity index (χ1v) is 6.39. The number of amides is 1. The molecule has 0 saturated heterocycles. The SMILES string of the molecule is CCn1cc(Cl)c(C(=O)NCc2cc(C)n(C)n2)n1. The summed E-state index contributed by atoms with van der Waals surface area (Å²) in [6, 6.07) is 1.92. The molecule has 0 saturated carbocycles. The molecule has 2 aromatic heterocycles. The Bertz CT molecular complexity index is 582. The first kappa shape index (κ1) is 13.6. The lowest BCUT2D eigenvalue weighted by Gasteiger charge is -2.00. The Morgan fingerprint density at radius 1 is 1.47 bits per heavy atom. The highest BCUT2D eigenvalue weighted by Gasteiger charge is 2.15. The molecule has 0 fully saturated rings. The summed E-state index contributed by atoms with van der Waals surface area (Å²) >= 11 is 5.97. The lowest BCUT2D eigenvalue weighted by atomic mass is 10.3. The fourth-order valence-electron chi connectivity index (χ4n) is 1.69. The van der Waals surface area contributed by atoms with Crippen LogP contribution in [0.1, 0.15) is 28.8 Å². The molecule has 0 unspecified atom stereocenters. The monoisotopic (exact) mass is 281 g/mol. The van der Waals surface area contributed by atoms with E-state index in [-0.39, 0.29) is 11.6 Å². The molecule has 0 aromatic carbocycles. The van der Waals surface area contributed by atoms with Gasteiger partial charge < -0.3 is 5.32 Å². The van der Waals surface area contributed by atoms with Gasteiger partial charge in [-0.1, -0.05) is 11.6 Å². The molecule has 6 nitrogen and oxygen atoms in total. The second-order valence-corrected chi connectivity index (χ2v) is 4.67. The Balaban J connectivity index is 2.02. The lowest BCUT2D eigenvalue weighted by Crippen LogP contribution is -2.24. The highest BCUT2D eigenvalue weighted by atomic mass is 35.5. The molecule has 0 atom stereocenters. The highest BCUT2D eigenvalue weighted by Crippen LogP contribution is 2.13. The molecule has 2 heterocycles. The fourth-order valence-corrected chi connectivity index (χ4v) is 1.93. The Hall–Kier alpha value is -1.82. The van der Waals surface area contributed by atoms with Crippen LogP contribution in [0.25, 0.3) is 0 Å². The molecule has 1 amide bonds. The van der Waals surface area contributed by atoms with E-state index in [9.17, 15) is 4.79 Å². The zero-order chi connectivity index (χ0) is 14.0. The summed E-state index contributed by atoms with van der Waals surface area (Å²) in [5, 5.41) is 11.5. The van der Waals surface area contributed by atoms with Crippen molar-refractivity contribution in [2.45, 2.75) is 26.9 Å². The number of hydrogen-bond donors (Lipinski definition) is 1. The molecule has 1 N–H and O–H groups in total. The summed E-state index contributed by atoms with van der Waals surface area (Å²) in [6.07, 6.45) is 1.64. The summed E-state index contributed by atoms with van der Waals surface area (Å²) in [7, 11) is 1.86. The number of rotatable bonds is 4. The molecule has 0 radical (unpaired) electrons. The maximum absolute atomic E-state index is 12.0. The molecule has 0 aliphatic heterocycles. The minimum absolute atomic E-state index is 0.246. The predicted octanol–water partition coefficient (Wildman–Crippen LogP) is 1.53. The summed E-state index contributed by atoms with van der Waals surface area (Å²) in [5.41, 5.74) is 2.09. The molecule has 0 spiro atoms. The van der Waals surface area contributed by atoms with Crippen molar-refractivity contribution < 1.29 is 4.79 Å². The average Bonchev–Trinajstić information content (AvgIpc) is 2.90. The third-order valence-corrected chi connectivity index (χ3v) is 3.13. The normalized spacial score (nSPS) is 10.7. The van der Waals surface area contributed by atoms with Gasteiger partial charge in [0.15, 0.2) is 5.69 Å². The van der Waals surface area contributed by atoms with E-state index >= 15 is 0 Å². The van der Waals surface area contributed by atoms with Crippen LogP contribution in [-0.4, -0.2) is 25.5 Å². The molecule has 7 heteroatoms. The van der Waals surface area contributed by atoms with E-state index < -0.39 is 0 Å². The summed E-state index contributed by atoms with van der Waals surface area (Å²) in [6.45, 7) is 4.92. The van der Waals surface area contributed by atoms with Crippen molar-refractivity contribution >= 4 is 17.5 Å². The summed E-state index contributed by atoms with van der Waals surface area (Å²) in [5.74, 6) is -0.291. The van der Waals surface area contributed by atoms with Crippen molar-refractivity contribution in [3.05, 3.63) is 34.4 Å². The van der Waals surface area contributed by atoms with E-state index in [2.05, 4.69) is 15.5 Å². The van der Waals surface area contributed by atoms with Crippen molar-refractivity contribution in [3.8, 4) is 0 Å². The van der Waals surface area contributed by atoms with Crippen LogP contribution in [-0.2, 0) is 20.1 Å². The minimum atomic E-state index is -0.291. The molecule has 0 aliphatic rings. The van der Waals surface area contributed by atoms with Gasteiger partial charge in [0, 0.05) is 25.5 Å². The number of aromatic nitrogens is 4. The molecule has 0 bridgehead atoms. The zero-order valence-electron chi connectivity index (χ0n) is 11.1. The Morgan fingerprint density at radius 2 is 2.21 bits per heavy atom. The van der Waals surface area contributed by atoms with Crippen molar-refractivity contribution in [1.29, 1.82) is 0 Å². The molecule has 19 heavy (non-hydrogen) atoms. The van der Waals surface area contributed by atoms with Crippen molar-refractivity contribution in [3.63, 3.8) is 0 Å². The smallest absolute Gasteiger partial charge is 0.273 e. The van der Waals surface area contributed by atoms with Crippen molar-refractivity contribution in [2.75, 3.05) is 0 Å². The van der Waals surface area contributed by atoms with Gasteiger partial charge in [-0.3, -0.25) is 14.2 Å². The van der Waals surface area contributed by atoms with E-state index in [0.29, 0.717) is 18.1 Å². The van der Waals surface area contributed by atoms with Gasteiger partial charge >= 0.3 is 0 Å². The Labute approximate surface area is 116 Å². The van der Waals surface area contributed by atoms with Crippen LogP contribution in [0.4, 0.5) is 0 Å². The number of nitrogens with zero attached hydrogens (tertiary/aromatic N) is 4. The van der Waals surface area contributed by atoms with Crippen LogP contribution in [0.5, 0.6) is 0 Å². The van der Waals surface area contributed by atoms with Gasteiger partial charge in [0.1, 0.15) is 0 Å². The van der Waals surface area contributed by atoms with E-state index in [1.807, 2.05) is 27.0 Å². The molecule has 2 rings (SSSR count). The van der Waals surface area contributed by atoms with Crippen LogP contribution in [0, 0.1) is 6.92 Å². The quantitative estimate of drug-likeness (QED) is 0.924. The number of aryl methyl sites for hydroxylation is 3. The van der Waals surface area contributed by atoms with Gasteiger partial charge in [-0.2, -0.15) is 10.2 Å². The number of nitrogens with one attached hydrogen (secondary N) is 1. The van der Waals surface area contributed by atoms with Crippen molar-refractivity contribution in [2.24, 2.45) is 7.05 Å². The highest BCUT2D eigenvalue weighted by molar-refractivity contribution is 6.33. The van der Waals surface area contributed by atoms with E-state index in [0.717, 1.165) is 11.4 Å². The summed E-state index contributed by atoms with van der Waals surface area (Å²) < 4.78 is 3.39. The van der Waals surface area contributed by atoms with Gasteiger partial charge in [0.2, 0.25) is 0 Å². The zero-order valence-corrected chi connectivity index (χ0v) is 11.9. The second kappa shape index (κ2) is 5.44. The minimum Gasteiger partial charge on any atom is -0.345 e. The van der Waals surface area contributed by atoms with Gasteiger partial charge in [-0.25, -0.2) is 0 Å². The second-order valence-electron chi connectivity index (χ2n) is 4.26. The third kappa shape index (κ3) is 2.96.